The minimum atomic E-state index is -3.44. The summed E-state index contributed by atoms with van der Waals surface area (Å²) in [6.45, 7) is 4.18. The van der Waals surface area contributed by atoms with E-state index < -0.39 is 9.84 Å². The van der Waals surface area contributed by atoms with Crippen molar-refractivity contribution in [1.82, 2.24) is 4.98 Å². The van der Waals surface area contributed by atoms with Crippen LogP contribution in [0.3, 0.4) is 0 Å². The Morgan fingerprint density at radius 2 is 1.62 bits per heavy atom. The zero-order valence-electron chi connectivity index (χ0n) is 19.3. The molecule has 1 N–H and O–H groups in total. The Hall–Kier alpha value is -3.77. The second-order valence-corrected chi connectivity index (χ2v) is 10.5. The van der Waals surface area contributed by atoms with Gasteiger partial charge in [-0.3, -0.25) is 9.78 Å². The van der Waals surface area contributed by atoms with E-state index in [1.165, 1.54) is 12.3 Å². The molecule has 172 valence electrons. The summed E-state index contributed by atoms with van der Waals surface area (Å²) < 4.78 is 24.5. The van der Waals surface area contributed by atoms with E-state index in [1.54, 1.807) is 18.3 Å². The molecule has 4 aromatic rings. The molecule has 6 heteroatoms. The van der Waals surface area contributed by atoms with Crippen LogP contribution in [0.15, 0.2) is 96.0 Å². The summed E-state index contributed by atoms with van der Waals surface area (Å²) in [7, 11) is -3.44. The molecule has 0 saturated carbocycles. The second-order valence-electron chi connectivity index (χ2n) is 8.51. The Bertz CT molecular complexity index is 1450. The predicted octanol–water partition coefficient (Wildman–Crippen LogP) is 6.19. The van der Waals surface area contributed by atoms with E-state index in [2.05, 4.69) is 24.1 Å². The highest BCUT2D eigenvalue weighted by atomic mass is 32.2. The van der Waals surface area contributed by atoms with Gasteiger partial charge in [-0.05, 0) is 65.1 Å². The van der Waals surface area contributed by atoms with Crippen LogP contribution in [0.2, 0.25) is 0 Å². The number of nitrogens with zero attached hydrogens (tertiary/aromatic N) is 1. The lowest BCUT2D eigenvalue weighted by molar-refractivity contribution is 0.102. The predicted molar refractivity (Wildman–Crippen MR) is 137 cm³/mol. The maximum atomic E-state index is 13.4. The summed E-state index contributed by atoms with van der Waals surface area (Å²) in [5.74, 6) is -0.0205. The van der Waals surface area contributed by atoms with Crippen LogP contribution in [0.4, 0.5) is 5.69 Å². The minimum Gasteiger partial charge on any atom is -0.322 e. The van der Waals surface area contributed by atoms with Gasteiger partial charge in [0.1, 0.15) is 0 Å². The molecule has 0 radical (unpaired) electrons. The van der Waals surface area contributed by atoms with Gasteiger partial charge in [0.05, 0.1) is 10.6 Å². The number of carbonyl (C=O) groups excluding carboxylic acids is 1. The first-order valence-corrected chi connectivity index (χ1v) is 12.9. The summed E-state index contributed by atoms with van der Waals surface area (Å²) in [5, 5.41) is 2.96. The molecule has 0 aliphatic carbocycles. The van der Waals surface area contributed by atoms with Gasteiger partial charge in [-0.25, -0.2) is 8.42 Å². The quantitative estimate of drug-likeness (QED) is 0.364. The number of pyridine rings is 1. The van der Waals surface area contributed by atoms with Gasteiger partial charge in [0, 0.05) is 29.3 Å². The van der Waals surface area contributed by atoms with Crippen LogP contribution >= 0.6 is 0 Å². The van der Waals surface area contributed by atoms with E-state index in [4.69, 9.17) is 0 Å². The summed E-state index contributed by atoms with van der Waals surface area (Å²) >= 11 is 0. The number of hydrogen-bond donors (Lipinski definition) is 1. The van der Waals surface area contributed by atoms with Crippen molar-refractivity contribution in [1.29, 1.82) is 0 Å². The lowest BCUT2D eigenvalue weighted by atomic mass is 9.94. The van der Waals surface area contributed by atoms with Crippen LogP contribution in [0.1, 0.15) is 35.7 Å². The average Bonchev–Trinajstić information content (AvgIpc) is 2.84. The van der Waals surface area contributed by atoms with Gasteiger partial charge in [0.2, 0.25) is 0 Å². The van der Waals surface area contributed by atoms with Crippen molar-refractivity contribution in [2.45, 2.75) is 24.7 Å². The van der Waals surface area contributed by atoms with Gasteiger partial charge < -0.3 is 5.32 Å². The van der Waals surface area contributed by atoms with Gasteiger partial charge in [-0.15, -0.1) is 0 Å². The third-order valence-electron chi connectivity index (χ3n) is 5.61. The average molecular weight is 471 g/mol. The van der Waals surface area contributed by atoms with Gasteiger partial charge in [0.15, 0.2) is 9.84 Å². The number of sulfone groups is 1. The number of hydrogen-bond acceptors (Lipinski definition) is 4. The Balaban J connectivity index is 1.74. The molecule has 0 aliphatic rings. The van der Waals surface area contributed by atoms with E-state index in [0.29, 0.717) is 22.7 Å². The Morgan fingerprint density at radius 1 is 0.853 bits per heavy atom. The number of nitrogens with one attached hydrogen (secondary N) is 1. The zero-order valence-corrected chi connectivity index (χ0v) is 20.1. The summed E-state index contributed by atoms with van der Waals surface area (Å²) in [6, 6.07) is 25.6. The van der Waals surface area contributed by atoms with Crippen LogP contribution in [0.25, 0.3) is 22.4 Å². The topological polar surface area (TPSA) is 76.1 Å². The first-order chi connectivity index (χ1) is 16.2. The highest BCUT2D eigenvalue weighted by Crippen LogP contribution is 2.30. The molecule has 0 unspecified atom stereocenters. The Kier molecular flexibility index (Phi) is 6.61. The number of carbonyl (C=O) groups is 1. The van der Waals surface area contributed by atoms with Crippen LogP contribution in [-0.2, 0) is 9.84 Å². The molecule has 4 rings (SSSR count). The largest absolute Gasteiger partial charge is 0.322 e. The van der Waals surface area contributed by atoms with Crippen molar-refractivity contribution in [3.8, 4) is 22.4 Å². The molecule has 0 bridgehead atoms. The first kappa shape index (κ1) is 23.4. The normalized spacial score (nSPS) is 11.4. The molecule has 0 atom stereocenters. The number of aromatic nitrogens is 1. The number of benzene rings is 3. The molecule has 0 saturated heterocycles. The molecule has 5 nitrogen and oxygen atoms in total. The van der Waals surface area contributed by atoms with E-state index >= 15 is 0 Å². The van der Waals surface area contributed by atoms with Crippen molar-refractivity contribution >= 4 is 21.4 Å². The molecular formula is C28H26N2O3S. The van der Waals surface area contributed by atoms with Gasteiger partial charge in [0.25, 0.3) is 5.91 Å². The van der Waals surface area contributed by atoms with E-state index in [1.807, 2.05) is 66.7 Å². The van der Waals surface area contributed by atoms with Crippen molar-refractivity contribution in [3.05, 3.63) is 102 Å². The SMILES string of the molecule is CC(C)c1cccc(-c2cc(S(C)(=O)=O)ccc2C(=O)Nc2cccc(-c3ccccn3)c2)c1. The molecule has 34 heavy (non-hydrogen) atoms. The summed E-state index contributed by atoms with van der Waals surface area (Å²) in [4.78, 5) is 17.9. The fourth-order valence-corrected chi connectivity index (χ4v) is 4.39. The number of amides is 1. The monoisotopic (exact) mass is 470 g/mol. The standard InChI is InChI=1S/C28H26N2O3S/c1-19(2)20-8-6-9-21(16-20)26-18-24(34(3,32)33)13-14-25(26)28(31)30-23-11-7-10-22(17-23)27-12-4-5-15-29-27/h4-19H,1-3H3,(H,30,31). The molecule has 1 aromatic heterocycles. The minimum absolute atomic E-state index is 0.172. The van der Waals surface area contributed by atoms with Crippen LogP contribution in [0.5, 0.6) is 0 Å². The maximum Gasteiger partial charge on any atom is 0.256 e. The molecule has 0 spiro atoms. The van der Waals surface area contributed by atoms with Crippen LogP contribution in [-0.4, -0.2) is 25.6 Å². The third kappa shape index (κ3) is 5.24. The van der Waals surface area contributed by atoms with E-state index in [0.717, 1.165) is 22.4 Å². The van der Waals surface area contributed by atoms with Crippen LogP contribution < -0.4 is 5.32 Å². The summed E-state index contributed by atoms with van der Waals surface area (Å²) in [6.07, 6.45) is 2.89. The third-order valence-corrected chi connectivity index (χ3v) is 6.72. The van der Waals surface area contributed by atoms with Crippen molar-refractivity contribution in [2.24, 2.45) is 0 Å². The van der Waals surface area contributed by atoms with Crippen molar-refractivity contribution in [2.75, 3.05) is 11.6 Å². The van der Waals surface area contributed by atoms with Crippen molar-refractivity contribution in [3.63, 3.8) is 0 Å². The second kappa shape index (κ2) is 9.61. The molecule has 1 amide bonds. The van der Waals surface area contributed by atoms with Crippen molar-refractivity contribution < 1.29 is 13.2 Å². The fourth-order valence-electron chi connectivity index (χ4n) is 3.74. The lowest BCUT2D eigenvalue weighted by Crippen LogP contribution is -2.14. The smallest absolute Gasteiger partial charge is 0.256 e. The number of rotatable bonds is 6. The Morgan fingerprint density at radius 3 is 2.32 bits per heavy atom. The molecule has 0 aliphatic heterocycles. The van der Waals surface area contributed by atoms with Gasteiger partial charge in [-0.1, -0.05) is 56.3 Å². The molecular weight excluding hydrogens is 444 g/mol. The molecule has 1 heterocycles. The lowest BCUT2D eigenvalue weighted by Gasteiger charge is -2.14. The van der Waals surface area contributed by atoms with Crippen LogP contribution in [0, 0.1) is 0 Å². The highest BCUT2D eigenvalue weighted by molar-refractivity contribution is 7.90. The van der Waals surface area contributed by atoms with E-state index in [-0.39, 0.29) is 10.8 Å². The van der Waals surface area contributed by atoms with E-state index in [9.17, 15) is 13.2 Å². The number of anilines is 1. The summed E-state index contributed by atoms with van der Waals surface area (Å²) in [5.41, 5.74) is 5.20. The zero-order chi connectivity index (χ0) is 24.3. The highest BCUT2D eigenvalue weighted by Gasteiger charge is 2.18. The van der Waals surface area contributed by atoms with Gasteiger partial charge >= 0.3 is 0 Å². The fraction of sp³-hybridized carbons (Fsp3) is 0.143. The molecule has 0 fully saturated rings. The maximum absolute atomic E-state index is 13.4. The van der Waals surface area contributed by atoms with Gasteiger partial charge in [-0.2, -0.15) is 0 Å². The Labute approximate surface area is 200 Å². The molecule has 3 aromatic carbocycles. The first-order valence-electron chi connectivity index (χ1n) is 11.0.